The van der Waals surface area contributed by atoms with Crippen LogP contribution in [0.5, 0.6) is 0 Å². The van der Waals surface area contributed by atoms with Gasteiger partial charge < -0.3 is 4.98 Å². The van der Waals surface area contributed by atoms with Crippen molar-refractivity contribution in [2.45, 2.75) is 0 Å². The van der Waals surface area contributed by atoms with Crippen LogP contribution in [0.4, 0.5) is 0 Å². The van der Waals surface area contributed by atoms with Gasteiger partial charge in [-0.25, -0.2) is 4.79 Å². The SMILES string of the molecule is Cn1c(=O)cc(-c2cccc3ccccc23)[nH]c1=O. The predicted octanol–water partition coefficient (Wildman–Crippen LogP) is 1.89. The van der Waals surface area contributed by atoms with Gasteiger partial charge in [-0.05, 0) is 10.8 Å². The average Bonchev–Trinajstić information content (AvgIpc) is 2.43. The number of fused-ring (bicyclic) bond motifs is 1. The van der Waals surface area contributed by atoms with Crippen molar-refractivity contribution in [3.8, 4) is 11.3 Å². The smallest absolute Gasteiger partial charge is 0.307 e. The largest absolute Gasteiger partial charge is 0.328 e. The zero-order valence-corrected chi connectivity index (χ0v) is 10.4. The summed E-state index contributed by atoms with van der Waals surface area (Å²) in [6.07, 6.45) is 0. The molecule has 4 heteroatoms. The van der Waals surface area contributed by atoms with Gasteiger partial charge in [0.05, 0.1) is 5.69 Å². The highest BCUT2D eigenvalue weighted by Gasteiger charge is 2.06. The van der Waals surface area contributed by atoms with Crippen molar-refractivity contribution < 1.29 is 0 Å². The number of aromatic amines is 1. The first-order valence-electron chi connectivity index (χ1n) is 5.95. The normalized spacial score (nSPS) is 10.8. The van der Waals surface area contributed by atoms with Crippen molar-refractivity contribution in [1.82, 2.24) is 9.55 Å². The first-order valence-corrected chi connectivity index (χ1v) is 5.95. The average molecular weight is 252 g/mol. The van der Waals surface area contributed by atoms with Crippen LogP contribution in [-0.4, -0.2) is 9.55 Å². The standard InChI is InChI=1S/C15H12N2O2/c1-17-14(18)9-13(16-15(17)19)12-8-4-6-10-5-2-3-7-11(10)12/h2-9H,1H3,(H,16,19). The lowest BCUT2D eigenvalue weighted by atomic mass is 10.0. The van der Waals surface area contributed by atoms with E-state index >= 15 is 0 Å². The maximum atomic E-state index is 11.7. The highest BCUT2D eigenvalue weighted by atomic mass is 16.2. The maximum absolute atomic E-state index is 11.7. The Morgan fingerprint density at radius 2 is 1.74 bits per heavy atom. The van der Waals surface area contributed by atoms with Crippen LogP contribution in [0.1, 0.15) is 0 Å². The Hall–Kier alpha value is -2.62. The molecule has 94 valence electrons. The van der Waals surface area contributed by atoms with Gasteiger partial charge in [0, 0.05) is 18.7 Å². The molecule has 0 spiro atoms. The number of nitrogens with one attached hydrogen (secondary N) is 1. The van der Waals surface area contributed by atoms with Crippen LogP contribution in [0.15, 0.2) is 58.1 Å². The van der Waals surface area contributed by atoms with Crippen LogP contribution in [0.3, 0.4) is 0 Å². The number of hydrogen-bond donors (Lipinski definition) is 1. The molecule has 0 aliphatic carbocycles. The van der Waals surface area contributed by atoms with Crippen LogP contribution in [0.25, 0.3) is 22.0 Å². The van der Waals surface area contributed by atoms with E-state index in [0.717, 1.165) is 20.9 Å². The lowest BCUT2D eigenvalue weighted by molar-refractivity contribution is 0.778. The first-order chi connectivity index (χ1) is 9.16. The van der Waals surface area contributed by atoms with Crippen molar-refractivity contribution in [2.75, 3.05) is 0 Å². The van der Waals surface area contributed by atoms with Gasteiger partial charge in [0.2, 0.25) is 0 Å². The molecule has 3 aromatic rings. The Kier molecular flexibility index (Phi) is 2.56. The zero-order valence-electron chi connectivity index (χ0n) is 10.4. The number of rotatable bonds is 1. The van der Waals surface area contributed by atoms with E-state index in [0.29, 0.717) is 5.69 Å². The summed E-state index contributed by atoms with van der Waals surface area (Å²) in [5, 5.41) is 2.08. The summed E-state index contributed by atoms with van der Waals surface area (Å²) >= 11 is 0. The Balaban J connectivity index is 2.37. The maximum Gasteiger partial charge on any atom is 0.328 e. The second kappa shape index (κ2) is 4.24. The van der Waals surface area contributed by atoms with Crippen LogP contribution in [0, 0.1) is 0 Å². The van der Waals surface area contributed by atoms with Crippen molar-refractivity contribution in [3.63, 3.8) is 0 Å². The lowest BCUT2D eigenvalue weighted by Gasteiger charge is -2.07. The van der Waals surface area contributed by atoms with Gasteiger partial charge in [0.25, 0.3) is 5.56 Å². The summed E-state index contributed by atoms with van der Waals surface area (Å²) in [4.78, 5) is 26.1. The fourth-order valence-electron chi connectivity index (χ4n) is 2.16. The first kappa shape index (κ1) is 11.5. The zero-order chi connectivity index (χ0) is 13.4. The van der Waals surface area contributed by atoms with E-state index in [4.69, 9.17) is 0 Å². The summed E-state index contributed by atoms with van der Waals surface area (Å²) < 4.78 is 1.05. The second-order valence-electron chi connectivity index (χ2n) is 4.41. The minimum Gasteiger partial charge on any atom is -0.307 e. The highest BCUT2D eigenvalue weighted by Crippen LogP contribution is 2.25. The van der Waals surface area contributed by atoms with E-state index in [1.54, 1.807) is 0 Å². The third kappa shape index (κ3) is 1.87. The van der Waals surface area contributed by atoms with Crippen molar-refractivity contribution in [3.05, 3.63) is 69.4 Å². The van der Waals surface area contributed by atoms with Crippen molar-refractivity contribution in [1.29, 1.82) is 0 Å². The Labute approximate surface area is 109 Å². The quantitative estimate of drug-likeness (QED) is 0.719. The molecule has 2 aromatic carbocycles. The van der Waals surface area contributed by atoms with E-state index in [1.807, 2.05) is 42.5 Å². The third-order valence-electron chi connectivity index (χ3n) is 3.22. The van der Waals surface area contributed by atoms with Crippen LogP contribution in [0.2, 0.25) is 0 Å². The molecule has 0 bridgehead atoms. The Morgan fingerprint density at radius 3 is 2.53 bits per heavy atom. The number of hydrogen-bond acceptors (Lipinski definition) is 2. The number of benzene rings is 2. The number of H-pyrrole nitrogens is 1. The molecule has 0 amide bonds. The number of aromatic nitrogens is 2. The molecule has 19 heavy (non-hydrogen) atoms. The molecule has 1 aromatic heterocycles. The van der Waals surface area contributed by atoms with E-state index in [9.17, 15) is 9.59 Å². The van der Waals surface area contributed by atoms with Gasteiger partial charge in [-0.2, -0.15) is 0 Å². The van der Waals surface area contributed by atoms with Gasteiger partial charge in [-0.1, -0.05) is 42.5 Å². The van der Waals surface area contributed by atoms with Crippen LogP contribution < -0.4 is 11.2 Å². The summed E-state index contributed by atoms with van der Waals surface area (Å²) in [7, 11) is 1.45. The molecule has 0 radical (unpaired) electrons. The number of nitrogens with zero attached hydrogens (tertiary/aromatic N) is 1. The molecule has 0 aliphatic rings. The van der Waals surface area contributed by atoms with Crippen LogP contribution in [-0.2, 0) is 7.05 Å². The molecule has 4 nitrogen and oxygen atoms in total. The fraction of sp³-hybridized carbons (Fsp3) is 0.0667. The molecule has 1 N–H and O–H groups in total. The Morgan fingerprint density at radius 1 is 1.00 bits per heavy atom. The molecule has 0 fully saturated rings. The second-order valence-corrected chi connectivity index (χ2v) is 4.41. The van der Waals surface area contributed by atoms with E-state index in [1.165, 1.54) is 13.1 Å². The molecule has 0 atom stereocenters. The van der Waals surface area contributed by atoms with Gasteiger partial charge >= 0.3 is 5.69 Å². The summed E-state index contributed by atoms with van der Waals surface area (Å²) in [5.41, 5.74) is 0.680. The monoisotopic (exact) mass is 252 g/mol. The van der Waals surface area contributed by atoms with E-state index in [2.05, 4.69) is 4.98 Å². The third-order valence-corrected chi connectivity index (χ3v) is 3.22. The molecular formula is C15H12N2O2. The predicted molar refractivity (Wildman–Crippen MR) is 75.2 cm³/mol. The van der Waals surface area contributed by atoms with Gasteiger partial charge in [-0.3, -0.25) is 9.36 Å². The summed E-state index contributed by atoms with van der Waals surface area (Å²) in [6.45, 7) is 0. The molecule has 0 unspecified atom stereocenters. The molecular weight excluding hydrogens is 240 g/mol. The molecule has 3 rings (SSSR count). The molecule has 0 aliphatic heterocycles. The molecule has 0 saturated heterocycles. The van der Waals surface area contributed by atoms with Gasteiger partial charge in [0.1, 0.15) is 0 Å². The topological polar surface area (TPSA) is 54.9 Å². The molecule has 1 heterocycles. The Bertz CT molecular complexity index is 838. The van der Waals surface area contributed by atoms with Crippen LogP contribution >= 0.6 is 0 Å². The lowest BCUT2D eigenvalue weighted by Crippen LogP contribution is -2.32. The highest BCUT2D eigenvalue weighted by molar-refractivity contribution is 5.95. The van der Waals surface area contributed by atoms with Crippen molar-refractivity contribution in [2.24, 2.45) is 7.05 Å². The van der Waals surface area contributed by atoms with Gasteiger partial charge in [-0.15, -0.1) is 0 Å². The molecule has 0 saturated carbocycles. The van der Waals surface area contributed by atoms with E-state index in [-0.39, 0.29) is 5.56 Å². The van der Waals surface area contributed by atoms with Crippen molar-refractivity contribution >= 4 is 10.8 Å². The van der Waals surface area contributed by atoms with Gasteiger partial charge in [0.15, 0.2) is 0 Å². The summed E-state index contributed by atoms with van der Waals surface area (Å²) in [6, 6.07) is 15.1. The minimum atomic E-state index is -0.407. The minimum absolute atomic E-state index is 0.313. The van der Waals surface area contributed by atoms with E-state index < -0.39 is 5.69 Å². The summed E-state index contributed by atoms with van der Waals surface area (Å²) in [5.74, 6) is 0. The fourth-order valence-corrected chi connectivity index (χ4v) is 2.16.